The number of rotatable bonds is 24. The van der Waals surface area contributed by atoms with E-state index in [1.54, 1.807) is 23.5 Å². The van der Waals surface area contributed by atoms with Crippen LogP contribution in [-0.4, -0.2) is 39.9 Å². The largest absolute Gasteiger partial charge is 0.368 e. The molecule has 0 saturated heterocycles. The number of ether oxygens (including phenoxy) is 2. The van der Waals surface area contributed by atoms with E-state index in [0.717, 1.165) is 26.1 Å². The van der Waals surface area contributed by atoms with Gasteiger partial charge in [-0.25, -0.2) is 0 Å². The first kappa shape index (κ1) is 32.9. The van der Waals surface area contributed by atoms with E-state index in [1.807, 2.05) is 27.7 Å². The van der Waals surface area contributed by atoms with E-state index < -0.39 is 8.60 Å². The minimum absolute atomic E-state index is 0.0336. The van der Waals surface area contributed by atoms with Gasteiger partial charge in [0, 0.05) is 13.2 Å². The molecule has 0 heterocycles. The monoisotopic (exact) mass is 514 g/mol. The first-order chi connectivity index (χ1) is 15.4. The summed E-state index contributed by atoms with van der Waals surface area (Å²) in [5, 5.41) is 0. The van der Waals surface area contributed by atoms with Gasteiger partial charge >= 0.3 is 8.60 Å². The maximum absolute atomic E-state index is 10.2. The molecule has 0 aromatic carbocycles. The predicted molar refractivity (Wildman–Crippen MR) is 143 cm³/mol. The molecule has 0 aliphatic rings. The van der Waals surface area contributed by atoms with Crippen LogP contribution in [0.4, 0.5) is 0 Å². The topological polar surface area (TPSA) is 57.2 Å². The summed E-state index contributed by atoms with van der Waals surface area (Å²) in [6, 6.07) is 0. The molecule has 194 valence electrons. The second-order valence-corrected chi connectivity index (χ2v) is 12.4. The molecular weight excluding hydrogens is 463 g/mol. The third-order valence-electron chi connectivity index (χ3n) is 4.94. The summed E-state index contributed by atoms with van der Waals surface area (Å²) in [6.45, 7) is 13.9. The number of hydrogen-bond acceptors (Lipinski definition) is 7. The Balaban J connectivity index is 3.76. The van der Waals surface area contributed by atoms with Gasteiger partial charge in [0.1, 0.15) is 21.7 Å². The maximum atomic E-state index is 10.2. The zero-order chi connectivity index (χ0) is 24.0. The molecule has 0 rings (SSSR count). The fraction of sp³-hybridized carbons (Fsp3) is 1.00. The van der Waals surface area contributed by atoms with E-state index in [2.05, 4.69) is 13.8 Å². The lowest BCUT2D eigenvalue weighted by atomic mass is 10.1. The molecule has 5 nitrogen and oxygen atoms in total. The van der Waals surface area contributed by atoms with E-state index in [9.17, 15) is 4.89 Å². The number of thioether (sulfide) groups is 2. The second kappa shape index (κ2) is 23.7. The number of unbranched alkanes of at least 4 members (excludes halogenated alkanes) is 10. The Bertz CT molecular complexity index is 361. The summed E-state index contributed by atoms with van der Waals surface area (Å²) in [5.74, 6) is 0. The quantitative estimate of drug-likeness (QED) is 0.0784. The van der Waals surface area contributed by atoms with Crippen LogP contribution in [0.15, 0.2) is 0 Å². The summed E-state index contributed by atoms with van der Waals surface area (Å²) in [7, 11) is -1.92. The molecule has 0 amide bonds. The summed E-state index contributed by atoms with van der Waals surface area (Å²) in [6.07, 6.45) is 15.1. The van der Waals surface area contributed by atoms with Gasteiger partial charge < -0.3 is 14.4 Å². The van der Waals surface area contributed by atoms with Gasteiger partial charge in [0.2, 0.25) is 0 Å². The summed E-state index contributed by atoms with van der Waals surface area (Å²) >= 11 is 3.12. The molecule has 0 radical (unpaired) electrons. The smallest absolute Gasteiger partial charge is 0.332 e. The average Bonchev–Trinajstić information content (AvgIpc) is 2.71. The van der Waals surface area contributed by atoms with E-state index in [0.29, 0.717) is 0 Å². The minimum Gasteiger partial charge on any atom is -0.368 e. The molecule has 8 heteroatoms. The first-order valence-corrected chi connectivity index (χ1v) is 15.8. The molecule has 0 aliphatic carbocycles. The van der Waals surface area contributed by atoms with Gasteiger partial charge in [0.05, 0.1) is 0 Å². The molecule has 0 saturated carbocycles. The summed E-state index contributed by atoms with van der Waals surface area (Å²) < 4.78 is 22.9. The predicted octanol–water partition coefficient (Wildman–Crippen LogP) is 8.84. The molecule has 1 N–H and O–H groups in total. The summed E-state index contributed by atoms with van der Waals surface area (Å²) in [5.41, 5.74) is -0.314. The zero-order valence-corrected chi connectivity index (χ0v) is 24.1. The maximum Gasteiger partial charge on any atom is 0.332 e. The molecule has 0 fully saturated rings. The van der Waals surface area contributed by atoms with Gasteiger partial charge in [-0.05, 0) is 40.5 Å². The van der Waals surface area contributed by atoms with E-state index in [-0.39, 0.29) is 21.7 Å². The Morgan fingerprint density at radius 3 is 1.28 bits per heavy atom. The lowest BCUT2D eigenvalue weighted by Crippen LogP contribution is -2.14. The highest BCUT2D eigenvalue weighted by Crippen LogP contribution is 2.41. The zero-order valence-electron chi connectivity index (χ0n) is 21.6. The van der Waals surface area contributed by atoms with Crippen molar-refractivity contribution >= 4 is 32.1 Å². The highest BCUT2D eigenvalue weighted by molar-refractivity contribution is 8.00. The normalized spacial score (nSPS) is 16.6. The molecule has 0 spiro atoms. The van der Waals surface area contributed by atoms with Gasteiger partial charge in [-0.1, -0.05) is 102 Å². The molecule has 4 unspecified atom stereocenters. The summed E-state index contributed by atoms with van der Waals surface area (Å²) in [4.78, 5) is 10.2. The van der Waals surface area contributed by atoms with Crippen molar-refractivity contribution in [1.82, 2.24) is 0 Å². The minimum atomic E-state index is -1.92. The van der Waals surface area contributed by atoms with Crippen LogP contribution >= 0.6 is 32.1 Å². The number of hydrogen-bond donors (Lipinski definition) is 1. The molecule has 0 aromatic rings. The van der Waals surface area contributed by atoms with Crippen LogP contribution < -0.4 is 0 Å². The van der Waals surface area contributed by atoms with Gasteiger partial charge in [-0.3, -0.25) is 9.05 Å². The van der Waals surface area contributed by atoms with E-state index >= 15 is 0 Å². The Hall–Kier alpha value is 0.930. The van der Waals surface area contributed by atoms with Crippen LogP contribution in [0.1, 0.15) is 119 Å². The van der Waals surface area contributed by atoms with Crippen molar-refractivity contribution in [2.24, 2.45) is 0 Å². The van der Waals surface area contributed by atoms with Crippen molar-refractivity contribution in [3.63, 3.8) is 0 Å². The highest BCUT2D eigenvalue weighted by atomic mass is 32.2. The van der Waals surface area contributed by atoms with Crippen molar-refractivity contribution in [3.8, 4) is 0 Å². The van der Waals surface area contributed by atoms with Crippen molar-refractivity contribution in [2.75, 3.05) is 13.2 Å². The fourth-order valence-electron chi connectivity index (χ4n) is 3.21. The standard InChI is InChI=1S/C24H51O5PS2/c1-7-9-11-13-15-17-19-26-21(3)31-23(5)28-30(25)29-24(6)32-22(4)27-20-18-16-14-12-10-8-2/h21-25H,7-20H2,1-6H3. The third-order valence-corrected chi connectivity index (χ3v) is 8.22. The third kappa shape index (κ3) is 22.7. The van der Waals surface area contributed by atoms with Crippen LogP contribution in [-0.2, 0) is 18.5 Å². The Labute approximate surface area is 208 Å². The molecule has 0 aliphatic heterocycles. The van der Waals surface area contributed by atoms with Gasteiger partial charge in [0.25, 0.3) is 0 Å². The second-order valence-electron chi connectivity index (χ2n) is 8.27. The molecule has 0 aromatic heterocycles. The SMILES string of the molecule is CCCCCCCCOC(C)SC(C)OP(O)OC(C)SC(C)OCCCCCCCC. The van der Waals surface area contributed by atoms with Gasteiger partial charge in [-0.2, -0.15) is 0 Å². The van der Waals surface area contributed by atoms with Crippen molar-refractivity contribution in [2.45, 2.75) is 140 Å². The van der Waals surface area contributed by atoms with Crippen molar-refractivity contribution in [1.29, 1.82) is 0 Å². The van der Waals surface area contributed by atoms with Crippen LogP contribution in [0.5, 0.6) is 0 Å². The van der Waals surface area contributed by atoms with Crippen molar-refractivity contribution < 1.29 is 23.4 Å². The lowest BCUT2D eigenvalue weighted by Gasteiger charge is -2.23. The molecular formula is C24H51O5PS2. The Kier molecular flexibility index (Phi) is 24.3. The van der Waals surface area contributed by atoms with E-state index in [4.69, 9.17) is 18.5 Å². The first-order valence-electron chi connectivity index (χ1n) is 12.8. The Morgan fingerprint density at radius 1 is 0.562 bits per heavy atom. The average molecular weight is 515 g/mol. The Morgan fingerprint density at radius 2 is 0.906 bits per heavy atom. The molecule has 32 heavy (non-hydrogen) atoms. The van der Waals surface area contributed by atoms with Crippen LogP contribution in [0.2, 0.25) is 0 Å². The van der Waals surface area contributed by atoms with Gasteiger partial charge in [0.15, 0.2) is 0 Å². The van der Waals surface area contributed by atoms with Crippen LogP contribution in [0.25, 0.3) is 0 Å². The van der Waals surface area contributed by atoms with Crippen LogP contribution in [0, 0.1) is 0 Å². The van der Waals surface area contributed by atoms with E-state index in [1.165, 1.54) is 64.2 Å². The highest BCUT2D eigenvalue weighted by Gasteiger charge is 2.20. The fourth-order valence-corrected chi connectivity index (χ4v) is 6.04. The molecule has 0 bridgehead atoms. The van der Waals surface area contributed by atoms with Crippen molar-refractivity contribution in [3.05, 3.63) is 0 Å². The molecule has 4 atom stereocenters. The lowest BCUT2D eigenvalue weighted by molar-refractivity contribution is 0.115. The van der Waals surface area contributed by atoms with Gasteiger partial charge in [-0.15, -0.1) is 0 Å². The van der Waals surface area contributed by atoms with Crippen LogP contribution in [0.3, 0.4) is 0 Å².